The second-order valence-electron chi connectivity index (χ2n) is 6.45. The fourth-order valence-corrected chi connectivity index (χ4v) is 4.76. The van der Waals surface area contributed by atoms with Crippen molar-refractivity contribution in [2.24, 2.45) is 0 Å². The standard InChI is InChI=1S/C17H23N3O3S/c1-3-5-12-11(4-2)10-13(24-12)14(21)20-8-6-17(7-9-20)15(22)18-16(23)19-17/h10H,3-9H2,1-2H3,(H2,18,19,22,23). The SMILES string of the molecule is CCCc1sc(C(=O)N2CCC3(CC2)NC(=O)NC3=O)cc1CC. The van der Waals surface area contributed by atoms with Crippen LogP contribution in [0.4, 0.5) is 4.79 Å². The molecular weight excluding hydrogens is 326 g/mol. The van der Waals surface area contributed by atoms with E-state index in [4.69, 9.17) is 0 Å². The highest BCUT2D eigenvalue weighted by Gasteiger charge is 2.48. The highest BCUT2D eigenvalue weighted by molar-refractivity contribution is 7.14. The molecule has 0 atom stereocenters. The third-order valence-electron chi connectivity index (χ3n) is 4.88. The number of piperidine rings is 1. The lowest BCUT2D eigenvalue weighted by molar-refractivity contribution is -0.125. The molecule has 24 heavy (non-hydrogen) atoms. The molecule has 6 nitrogen and oxygen atoms in total. The summed E-state index contributed by atoms with van der Waals surface area (Å²) in [6.45, 7) is 5.22. The molecule has 130 valence electrons. The molecule has 4 amide bonds. The molecule has 0 aromatic carbocycles. The van der Waals surface area contributed by atoms with Crippen LogP contribution in [0.25, 0.3) is 0 Å². The third-order valence-corrected chi connectivity index (χ3v) is 6.11. The van der Waals surface area contributed by atoms with Gasteiger partial charge in [0.2, 0.25) is 0 Å². The molecule has 2 aliphatic heterocycles. The quantitative estimate of drug-likeness (QED) is 0.817. The van der Waals surface area contributed by atoms with E-state index in [1.807, 2.05) is 6.07 Å². The fraction of sp³-hybridized carbons (Fsp3) is 0.588. The molecule has 2 saturated heterocycles. The van der Waals surface area contributed by atoms with Gasteiger partial charge < -0.3 is 10.2 Å². The number of carbonyl (C=O) groups is 3. The Labute approximate surface area is 145 Å². The van der Waals surface area contributed by atoms with Crippen molar-refractivity contribution in [2.45, 2.75) is 51.5 Å². The Hall–Kier alpha value is -1.89. The molecule has 0 unspecified atom stereocenters. The minimum absolute atomic E-state index is 0.0386. The first-order chi connectivity index (χ1) is 11.5. The maximum absolute atomic E-state index is 12.8. The van der Waals surface area contributed by atoms with Gasteiger partial charge in [0.05, 0.1) is 4.88 Å². The van der Waals surface area contributed by atoms with Crippen LogP contribution in [0.1, 0.15) is 53.2 Å². The average molecular weight is 349 g/mol. The first kappa shape index (κ1) is 17.0. The van der Waals surface area contributed by atoms with Crippen molar-refractivity contribution in [2.75, 3.05) is 13.1 Å². The summed E-state index contributed by atoms with van der Waals surface area (Å²) >= 11 is 1.59. The minimum atomic E-state index is -0.828. The van der Waals surface area contributed by atoms with Gasteiger partial charge in [-0.2, -0.15) is 0 Å². The Morgan fingerprint density at radius 2 is 2.00 bits per heavy atom. The van der Waals surface area contributed by atoms with E-state index in [9.17, 15) is 14.4 Å². The lowest BCUT2D eigenvalue weighted by atomic mass is 9.87. The highest BCUT2D eigenvalue weighted by atomic mass is 32.1. The fourth-order valence-electron chi connectivity index (χ4n) is 3.44. The van der Waals surface area contributed by atoms with E-state index in [1.54, 1.807) is 16.2 Å². The summed E-state index contributed by atoms with van der Waals surface area (Å²) in [4.78, 5) is 40.0. The maximum atomic E-state index is 12.8. The molecule has 7 heteroatoms. The third kappa shape index (κ3) is 2.92. The van der Waals surface area contributed by atoms with Crippen LogP contribution in [-0.4, -0.2) is 41.4 Å². The van der Waals surface area contributed by atoms with Crippen LogP contribution in [0.3, 0.4) is 0 Å². The van der Waals surface area contributed by atoms with Crippen molar-refractivity contribution in [1.82, 2.24) is 15.5 Å². The largest absolute Gasteiger partial charge is 0.338 e. The number of likely N-dealkylation sites (tertiary alicyclic amines) is 1. The first-order valence-corrected chi connectivity index (χ1v) is 9.35. The predicted molar refractivity (Wildman–Crippen MR) is 92.2 cm³/mol. The molecule has 1 aromatic rings. The Bertz CT molecular complexity index is 675. The van der Waals surface area contributed by atoms with Gasteiger partial charge >= 0.3 is 6.03 Å². The lowest BCUT2D eigenvalue weighted by Gasteiger charge is -2.36. The molecule has 1 aromatic heterocycles. The lowest BCUT2D eigenvalue weighted by Crippen LogP contribution is -2.55. The van der Waals surface area contributed by atoms with Crippen molar-refractivity contribution >= 4 is 29.2 Å². The van der Waals surface area contributed by atoms with Crippen molar-refractivity contribution in [1.29, 1.82) is 0 Å². The van der Waals surface area contributed by atoms with E-state index < -0.39 is 11.6 Å². The zero-order chi connectivity index (χ0) is 17.3. The summed E-state index contributed by atoms with van der Waals surface area (Å²) < 4.78 is 0. The van der Waals surface area contributed by atoms with Gasteiger partial charge in [-0.25, -0.2) is 4.79 Å². The second kappa shape index (κ2) is 6.55. The van der Waals surface area contributed by atoms with Crippen molar-refractivity contribution in [3.8, 4) is 0 Å². The van der Waals surface area contributed by atoms with Gasteiger partial charge in [-0.15, -0.1) is 11.3 Å². The van der Waals surface area contributed by atoms with Crippen LogP contribution in [0.15, 0.2) is 6.07 Å². The maximum Gasteiger partial charge on any atom is 0.322 e. The van der Waals surface area contributed by atoms with Crippen LogP contribution in [0.5, 0.6) is 0 Å². The molecule has 3 rings (SSSR count). The number of hydrogen-bond acceptors (Lipinski definition) is 4. The number of nitrogens with zero attached hydrogens (tertiary/aromatic N) is 1. The summed E-state index contributed by atoms with van der Waals surface area (Å²) in [5, 5.41) is 5.02. The van der Waals surface area contributed by atoms with Crippen LogP contribution < -0.4 is 10.6 Å². The molecule has 0 aliphatic carbocycles. The number of amides is 4. The van der Waals surface area contributed by atoms with Gasteiger partial charge in [0, 0.05) is 18.0 Å². The van der Waals surface area contributed by atoms with E-state index >= 15 is 0 Å². The first-order valence-electron chi connectivity index (χ1n) is 8.53. The van der Waals surface area contributed by atoms with E-state index in [2.05, 4.69) is 24.5 Å². The summed E-state index contributed by atoms with van der Waals surface area (Å²) in [5.74, 6) is -0.231. The predicted octanol–water partition coefficient (Wildman–Crippen LogP) is 2.08. The smallest absolute Gasteiger partial charge is 0.322 e. The molecule has 0 radical (unpaired) electrons. The molecular formula is C17H23N3O3S. The van der Waals surface area contributed by atoms with E-state index in [0.717, 1.165) is 24.1 Å². The van der Waals surface area contributed by atoms with Crippen LogP contribution in [0, 0.1) is 0 Å². The van der Waals surface area contributed by atoms with Gasteiger partial charge in [0.15, 0.2) is 0 Å². The number of imide groups is 1. The molecule has 1 spiro atoms. The Kier molecular flexibility index (Phi) is 4.62. The Morgan fingerprint density at radius 1 is 1.29 bits per heavy atom. The van der Waals surface area contributed by atoms with E-state index in [1.165, 1.54) is 10.4 Å². The topological polar surface area (TPSA) is 78.5 Å². The number of urea groups is 1. The van der Waals surface area contributed by atoms with E-state index in [0.29, 0.717) is 25.9 Å². The number of aryl methyl sites for hydroxylation is 2. The van der Waals surface area contributed by atoms with Gasteiger partial charge in [-0.05, 0) is 37.3 Å². The zero-order valence-electron chi connectivity index (χ0n) is 14.1. The number of carbonyl (C=O) groups excluding carboxylic acids is 3. The van der Waals surface area contributed by atoms with Gasteiger partial charge in [-0.1, -0.05) is 20.3 Å². The van der Waals surface area contributed by atoms with Crippen LogP contribution in [-0.2, 0) is 17.6 Å². The molecule has 3 heterocycles. The van der Waals surface area contributed by atoms with Gasteiger partial charge in [0.1, 0.15) is 5.54 Å². The monoisotopic (exact) mass is 349 g/mol. The van der Waals surface area contributed by atoms with Crippen molar-refractivity contribution in [3.05, 3.63) is 21.4 Å². The van der Waals surface area contributed by atoms with Crippen molar-refractivity contribution in [3.63, 3.8) is 0 Å². The number of nitrogens with one attached hydrogen (secondary N) is 2. The van der Waals surface area contributed by atoms with E-state index in [-0.39, 0.29) is 11.8 Å². The summed E-state index contributed by atoms with van der Waals surface area (Å²) in [6.07, 6.45) is 3.95. The van der Waals surface area contributed by atoms with Gasteiger partial charge in [0.25, 0.3) is 11.8 Å². The highest BCUT2D eigenvalue weighted by Crippen LogP contribution is 2.29. The van der Waals surface area contributed by atoms with Crippen molar-refractivity contribution < 1.29 is 14.4 Å². The number of rotatable bonds is 4. The molecule has 2 fully saturated rings. The van der Waals surface area contributed by atoms with Crippen LogP contribution in [0.2, 0.25) is 0 Å². The molecule has 2 N–H and O–H groups in total. The summed E-state index contributed by atoms with van der Waals surface area (Å²) in [7, 11) is 0. The summed E-state index contributed by atoms with van der Waals surface area (Å²) in [5.41, 5.74) is 0.437. The van der Waals surface area contributed by atoms with Crippen LogP contribution >= 0.6 is 11.3 Å². The molecule has 0 bridgehead atoms. The molecule has 2 aliphatic rings. The minimum Gasteiger partial charge on any atom is -0.338 e. The second-order valence-corrected chi connectivity index (χ2v) is 7.58. The number of hydrogen-bond donors (Lipinski definition) is 2. The average Bonchev–Trinajstić information content (AvgIpc) is 3.09. The Balaban J connectivity index is 1.69. The Morgan fingerprint density at radius 3 is 2.54 bits per heavy atom. The number of thiophene rings is 1. The normalized spacial score (nSPS) is 19.5. The summed E-state index contributed by atoms with van der Waals surface area (Å²) in [6, 6.07) is 1.58. The van der Waals surface area contributed by atoms with Gasteiger partial charge in [-0.3, -0.25) is 14.9 Å². The zero-order valence-corrected chi connectivity index (χ0v) is 14.9. The molecule has 0 saturated carbocycles.